The molecule has 2 aromatic carbocycles. The molecular formula is C17H10F3NO4. The molecule has 0 saturated carbocycles. The van der Waals surface area contributed by atoms with Crippen LogP contribution in [-0.2, 0) is 9.59 Å². The van der Waals surface area contributed by atoms with Gasteiger partial charge in [-0.2, -0.15) is 0 Å². The Morgan fingerprint density at radius 1 is 0.880 bits per heavy atom. The molecule has 1 aliphatic rings. The number of aliphatic hydroxyl groups is 1. The minimum atomic E-state index is -4.85. The smallest absolute Gasteiger partial charge is 0.502 e. The van der Waals surface area contributed by atoms with Gasteiger partial charge in [-0.3, -0.25) is 9.59 Å². The van der Waals surface area contributed by atoms with Crippen molar-refractivity contribution in [1.82, 2.24) is 0 Å². The first-order valence-electron chi connectivity index (χ1n) is 7.01. The summed E-state index contributed by atoms with van der Waals surface area (Å²) >= 11 is 0. The highest BCUT2D eigenvalue weighted by Crippen LogP contribution is 2.33. The van der Waals surface area contributed by atoms with E-state index in [1.54, 1.807) is 30.3 Å². The maximum Gasteiger partial charge on any atom is 0.573 e. The van der Waals surface area contributed by atoms with Gasteiger partial charge in [0.05, 0.1) is 11.3 Å². The Labute approximate surface area is 139 Å². The first-order chi connectivity index (χ1) is 11.8. The Balaban J connectivity index is 1.90. The summed E-state index contributed by atoms with van der Waals surface area (Å²) in [5.74, 6) is -2.92. The Morgan fingerprint density at radius 2 is 1.48 bits per heavy atom. The van der Waals surface area contributed by atoms with Crippen molar-refractivity contribution in [2.75, 3.05) is 4.90 Å². The molecule has 0 unspecified atom stereocenters. The zero-order valence-corrected chi connectivity index (χ0v) is 12.4. The molecule has 8 heteroatoms. The van der Waals surface area contributed by atoms with E-state index < -0.39 is 29.7 Å². The van der Waals surface area contributed by atoms with Crippen LogP contribution in [0.2, 0.25) is 0 Å². The van der Waals surface area contributed by atoms with E-state index in [0.29, 0.717) is 10.5 Å². The van der Waals surface area contributed by atoms with Crippen LogP contribution in [0.15, 0.2) is 60.4 Å². The zero-order valence-electron chi connectivity index (χ0n) is 12.4. The fourth-order valence-electron chi connectivity index (χ4n) is 2.41. The summed E-state index contributed by atoms with van der Waals surface area (Å²) in [6, 6.07) is 12.3. The zero-order chi connectivity index (χ0) is 18.2. The van der Waals surface area contributed by atoms with Gasteiger partial charge in [-0.05, 0) is 29.8 Å². The van der Waals surface area contributed by atoms with Crippen LogP contribution < -0.4 is 9.64 Å². The third-order valence-corrected chi connectivity index (χ3v) is 3.45. The molecule has 2 amide bonds. The van der Waals surface area contributed by atoms with E-state index in [-0.39, 0.29) is 11.3 Å². The van der Waals surface area contributed by atoms with Crippen molar-refractivity contribution >= 4 is 23.1 Å². The molecule has 3 rings (SSSR count). The number of nitrogens with zero attached hydrogens (tertiary/aromatic N) is 1. The topological polar surface area (TPSA) is 66.8 Å². The van der Waals surface area contributed by atoms with Crippen LogP contribution in [0, 0.1) is 0 Å². The fraction of sp³-hybridized carbons (Fsp3) is 0.0588. The third kappa shape index (κ3) is 3.18. The molecule has 2 aromatic rings. The standard InChI is InChI=1S/C17H10F3NO4/c18-17(19,20)25-12-8-6-11(7-9-12)21-15(23)13(14(22)16(21)24)10-4-2-1-3-5-10/h1-9,22H. The first kappa shape index (κ1) is 16.6. The van der Waals surface area contributed by atoms with Gasteiger partial charge in [-0.15, -0.1) is 13.2 Å². The molecule has 1 aliphatic heterocycles. The summed E-state index contributed by atoms with van der Waals surface area (Å²) in [6.45, 7) is 0. The number of alkyl halides is 3. The number of rotatable bonds is 3. The van der Waals surface area contributed by atoms with E-state index in [0.717, 1.165) is 24.3 Å². The van der Waals surface area contributed by atoms with Crippen molar-refractivity contribution in [1.29, 1.82) is 0 Å². The predicted octanol–water partition coefficient (Wildman–Crippen LogP) is 3.43. The molecule has 1 heterocycles. The van der Waals surface area contributed by atoms with Gasteiger partial charge in [0, 0.05) is 0 Å². The highest BCUT2D eigenvalue weighted by atomic mass is 19.4. The van der Waals surface area contributed by atoms with Gasteiger partial charge in [0.25, 0.3) is 5.91 Å². The van der Waals surface area contributed by atoms with Gasteiger partial charge < -0.3 is 9.84 Å². The fourth-order valence-corrected chi connectivity index (χ4v) is 2.41. The maximum absolute atomic E-state index is 12.5. The quantitative estimate of drug-likeness (QED) is 0.862. The van der Waals surface area contributed by atoms with Crippen LogP contribution in [0.5, 0.6) is 5.75 Å². The van der Waals surface area contributed by atoms with E-state index in [9.17, 15) is 27.9 Å². The molecule has 0 fully saturated rings. The third-order valence-electron chi connectivity index (χ3n) is 3.45. The summed E-state index contributed by atoms with van der Waals surface area (Å²) in [4.78, 5) is 25.4. The van der Waals surface area contributed by atoms with Crippen LogP contribution in [0.1, 0.15) is 5.56 Å². The lowest BCUT2D eigenvalue weighted by molar-refractivity contribution is -0.274. The van der Waals surface area contributed by atoms with Crippen molar-refractivity contribution in [2.24, 2.45) is 0 Å². The van der Waals surface area contributed by atoms with Crippen LogP contribution in [0.4, 0.5) is 18.9 Å². The molecule has 0 aliphatic carbocycles. The van der Waals surface area contributed by atoms with Crippen LogP contribution in [0.3, 0.4) is 0 Å². The lowest BCUT2D eigenvalue weighted by Crippen LogP contribution is -2.31. The lowest BCUT2D eigenvalue weighted by Gasteiger charge is -2.15. The lowest BCUT2D eigenvalue weighted by atomic mass is 10.1. The summed E-state index contributed by atoms with van der Waals surface area (Å²) in [6.07, 6.45) is -4.85. The normalized spacial score (nSPS) is 15.1. The monoisotopic (exact) mass is 349 g/mol. The van der Waals surface area contributed by atoms with Crippen molar-refractivity contribution in [2.45, 2.75) is 6.36 Å². The Kier molecular flexibility index (Phi) is 3.96. The second kappa shape index (κ2) is 5.97. The molecule has 0 radical (unpaired) electrons. The number of ether oxygens (including phenoxy) is 1. The van der Waals surface area contributed by atoms with E-state index in [4.69, 9.17) is 0 Å². The van der Waals surface area contributed by atoms with Gasteiger partial charge >= 0.3 is 12.3 Å². The Morgan fingerprint density at radius 3 is 2.04 bits per heavy atom. The molecule has 0 atom stereocenters. The van der Waals surface area contributed by atoms with E-state index in [1.165, 1.54) is 0 Å². The van der Waals surface area contributed by atoms with E-state index >= 15 is 0 Å². The molecule has 1 N–H and O–H groups in total. The average Bonchev–Trinajstić information content (AvgIpc) is 2.78. The first-order valence-corrected chi connectivity index (χ1v) is 7.01. The number of carbonyl (C=O) groups is 2. The largest absolute Gasteiger partial charge is 0.573 e. The minimum absolute atomic E-state index is 0.0157. The molecule has 25 heavy (non-hydrogen) atoms. The second-order valence-corrected chi connectivity index (χ2v) is 5.08. The van der Waals surface area contributed by atoms with Crippen molar-refractivity contribution in [3.63, 3.8) is 0 Å². The van der Waals surface area contributed by atoms with Crippen LogP contribution >= 0.6 is 0 Å². The predicted molar refractivity (Wildman–Crippen MR) is 81.6 cm³/mol. The number of halogens is 3. The second-order valence-electron chi connectivity index (χ2n) is 5.08. The summed E-state index contributed by atoms with van der Waals surface area (Å²) in [7, 11) is 0. The van der Waals surface area contributed by atoms with E-state index in [2.05, 4.69) is 4.74 Å². The molecular weight excluding hydrogens is 339 g/mol. The van der Waals surface area contributed by atoms with Gasteiger partial charge in [-0.25, -0.2) is 4.90 Å². The number of imide groups is 1. The SMILES string of the molecule is O=C1C(O)=C(c2ccccc2)C(=O)N1c1ccc(OC(F)(F)F)cc1. The van der Waals surface area contributed by atoms with Gasteiger partial charge in [0.15, 0.2) is 5.76 Å². The highest BCUT2D eigenvalue weighted by Gasteiger charge is 2.40. The number of hydrogen-bond acceptors (Lipinski definition) is 4. The van der Waals surface area contributed by atoms with Gasteiger partial charge in [0.1, 0.15) is 5.75 Å². The summed E-state index contributed by atoms with van der Waals surface area (Å²) in [5.41, 5.74) is 0.209. The van der Waals surface area contributed by atoms with E-state index in [1.807, 2.05) is 0 Å². The van der Waals surface area contributed by atoms with Gasteiger partial charge in [-0.1, -0.05) is 30.3 Å². The Hall–Kier alpha value is -3.29. The number of aliphatic hydroxyl groups excluding tert-OH is 1. The van der Waals surface area contributed by atoms with Crippen molar-refractivity contribution in [3.05, 3.63) is 65.9 Å². The highest BCUT2D eigenvalue weighted by molar-refractivity contribution is 6.44. The van der Waals surface area contributed by atoms with Crippen molar-refractivity contribution in [3.8, 4) is 5.75 Å². The number of anilines is 1. The molecule has 128 valence electrons. The molecule has 0 aromatic heterocycles. The number of benzene rings is 2. The molecule has 0 saturated heterocycles. The summed E-state index contributed by atoms with van der Waals surface area (Å²) in [5, 5.41) is 10.0. The average molecular weight is 349 g/mol. The van der Waals surface area contributed by atoms with Gasteiger partial charge in [0.2, 0.25) is 0 Å². The molecule has 5 nitrogen and oxygen atoms in total. The summed E-state index contributed by atoms with van der Waals surface area (Å²) < 4.78 is 40.3. The maximum atomic E-state index is 12.5. The number of hydrogen-bond donors (Lipinski definition) is 1. The number of carbonyl (C=O) groups excluding carboxylic acids is 2. The number of amides is 2. The Bertz CT molecular complexity index is 858. The minimum Gasteiger partial charge on any atom is -0.502 e. The molecule has 0 spiro atoms. The molecule has 0 bridgehead atoms. The van der Waals surface area contributed by atoms with Crippen LogP contribution in [-0.4, -0.2) is 23.3 Å². The van der Waals surface area contributed by atoms with Crippen LogP contribution in [0.25, 0.3) is 5.57 Å². The van der Waals surface area contributed by atoms with Crippen molar-refractivity contribution < 1.29 is 32.6 Å².